The molecular weight excluding hydrogens is 308 g/mol. The summed E-state index contributed by atoms with van der Waals surface area (Å²) in [5.74, 6) is -0.0103. The molecule has 0 bridgehead atoms. The molecule has 0 aliphatic rings. The second kappa shape index (κ2) is 6.36. The van der Waals surface area contributed by atoms with Crippen molar-refractivity contribution in [3.8, 4) is 0 Å². The molecule has 0 radical (unpaired) electrons. The molecule has 0 aliphatic carbocycles. The van der Waals surface area contributed by atoms with Crippen LogP contribution in [-0.4, -0.2) is 59.1 Å². The van der Waals surface area contributed by atoms with Crippen molar-refractivity contribution >= 4 is 58.0 Å². The molecule has 6 nitrogen and oxygen atoms in total. The Kier molecular flexibility index (Phi) is 6.31. The van der Waals surface area contributed by atoms with Gasteiger partial charge in [-0.3, -0.25) is 4.55 Å². The summed E-state index contributed by atoms with van der Waals surface area (Å²) in [6.45, 7) is 4.65. The van der Waals surface area contributed by atoms with Crippen LogP contribution >= 0.6 is 0 Å². The Bertz CT molecular complexity index is 630. The summed E-state index contributed by atoms with van der Waals surface area (Å²) < 4.78 is 57.7. The summed E-state index contributed by atoms with van der Waals surface area (Å²) in [4.78, 5) is -0.625. The Hall–Kier alpha value is -0.120. The second-order valence-corrected chi connectivity index (χ2v) is 6.15. The van der Waals surface area contributed by atoms with Gasteiger partial charge in [0.1, 0.15) is 10.7 Å². The van der Waals surface area contributed by atoms with E-state index in [9.17, 15) is 16.8 Å². The molecule has 1 aromatic carbocycles. The number of allylic oxidation sites excluding steroid dienone is 1. The van der Waals surface area contributed by atoms with Crippen molar-refractivity contribution in [2.24, 2.45) is 0 Å². The third kappa shape index (κ3) is 4.87. The van der Waals surface area contributed by atoms with E-state index in [2.05, 4.69) is 10.8 Å². The van der Waals surface area contributed by atoms with E-state index in [4.69, 9.17) is 4.55 Å². The van der Waals surface area contributed by atoms with Gasteiger partial charge in [0.05, 0.1) is 4.90 Å². The van der Waals surface area contributed by atoms with Crippen LogP contribution in [0, 0.1) is 0 Å². The van der Waals surface area contributed by atoms with E-state index in [0.29, 0.717) is 0 Å². The molecule has 0 heterocycles. The molecule has 0 amide bonds. The molecule has 0 unspecified atom stereocenters. The van der Waals surface area contributed by atoms with Crippen LogP contribution in [0.4, 0.5) is 0 Å². The number of benzene rings is 1. The summed E-state index contributed by atoms with van der Waals surface area (Å²) in [5, 5.41) is 0. The van der Waals surface area contributed by atoms with Crippen molar-refractivity contribution < 1.29 is 25.6 Å². The van der Waals surface area contributed by atoms with Crippen LogP contribution in [0.3, 0.4) is 0 Å². The van der Waals surface area contributed by atoms with E-state index in [1.54, 1.807) is 0 Å². The van der Waals surface area contributed by atoms with Crippen molar-refractivity contribution in [3.63, 3.8) is 0 Å². The Morgan fingerprint density at radius 1 is 1.11 bits per heavy atom. The molecule has 0 aromatic heterocycles. The van der Waals surface area contributed by atoms with Crippen LogP contribution in [0.1, 0.15) is 6.92 Å². The van der Waals surface area contributed by atoms with Crippen molar-refractivity contribution in [2.75, 3.05) is 0 Å². The predicted octanol–water partition coefficient (Wildman–Crippen LogP) is 0.256. The summed E-state index contributed by atoms with van der Waals surface area (Å²) in [5.41, 5.74) is 0. The zero-order valence-corrected chi connectivity index (χ0v) is 10.5. The molecule has 0 atom stereocenters. The molecule has 0 fully saturated rings. The first-order valence-corrected chi connectivity index (χ1v) is 7.15. The van der Waals surface area contributed by atoms with Gasteiger partial charge in [-0.15, -0.1) is 0 Å². The summed E-state index contributed by atoms with van der Waals surface area (Å²) in [6, 6.07) is 3.96. The Morgan fingerprint density at radius 2 is 1.50 bits per heavy atom. The molecule has 0 spiro atoms. The van der Waals surface area contributed by atoms with Gasteiger partial charge in [0, 0.05) is 0 Å². The zero-order valence-electron chi connectivity index (χ0n) is 8.82. The minimum absolute atomic E-state index is 0. The van der Waals surface area contributed by atoms with Crippen LogP contribution in [0.25, 0.3) is 0 Å². The van der Waals surface area contributed by atoms with Gasteiger partial charge in [-0.2, -0.15) is 16.8 Å². The Morgan fingerprint density at radius 3 is 1.83 bits per heavy atom. The quantitative estimate of drug-likeness (QED) is 0.370. The fourth-order valence-electron chi connectivity index (χ4n) is 1.01. The third-order valence-corrected chi connectivity index (χ3v) is 3.88. The van der Waals surface area contributed by atoms with Crippen LogP contribution in [0.15, 0.2) is 46.4 Å². The van der Waals surface area contributed by atoms with Crippen LogP contribution in [0.2, 0.25) is 0 Å². The van der Waals surface area contributed by atoms with Crippen molar-refractivity contribution in [3.05, 3.63) is 36.6 Å². The van der Waals surface area contributed by atoms with Gasteiger partial charge in [-0.05, 0) is 31.2 Å². The molecule has 1 aromatic rings. The molecule has 0 aliphatic heterocycles. The molecule has 0 saturated carbocycles. The van der Waals surface area contributed by atoms with E-state index in [1.165, 1.54) is 6.92 Å². The van der Waals surface area contributed by atoms with E-state index in [1.807, 2.05) is 0 Å². The Labute approximate surface area is 136 Å². The molecule has 0 saturated heterocycles. The molecule has 18 heavy (non-hydrogen) atoms. The monoisotopic (exact) mass is 320 g/mol. The summed E-state index contributed by atoms with van der Waals surface area (Å²) in [7, 11) is -8.34. The summed E-state index contributed by atoms with van der Waals surface area (Å²) >= 11 is 0. The maximum absolute atomic E-state index is 11.5. The molecule has 1 N–H and O–H groups in total. The molecular formula is C9H12CaO6S2. The number of rotatable bonds is 4. The van der Waals surface area contributed by atoms with E-state index < -0.39 is 25.1 Å². The molecule has 98 valence electrons. The molecule has 9 heteroatoms. The van der Waals surface area contributed by atoms with E-state index >= 15 is 0 Å². The van der Waals surface area contributed by atoms with Crippen molar-refractivity contribution in [2.45, 2.75) is 16.7 Å². The SMILES string of the molecule is C=C(C)OS(=O)(=O)c1ccc(S(=O)(=O)O)cc1.[CaH2]. The first-order valence-electron chi connectivity index (χ1n) is 4.30. The first kappa shape index (κ1) is 17.9. The number of hydrogen-bond acceptors (Lipinski definition) is 5. The van der Waals surface area contributed by atoms with Crippen molar-refractivity contribution in [1.29, 1.82) is 0 Å². The van der Waals surface area contributed by atoms with E-state index in [-0.39, 0.29) is 48.4 Å². The van der Waals surface area contributed by atoms with Gasteiger partial charge in [0.2, 0.25) is 0 Å². The van der Waals surface area contributed by atoms with Gasteiger partial charge in [0.15, 0.2) is 0 Å². The Balaban J connectivity index is 0.00000289. The minimum atomic E-state index is -4.34. The van der Waals surface area contributed by atoms with Gasteiger partial charge in [-0.25, -0.2) is 0 Å². The average molecular weight is 320 g/mol. The van der Waals surface area contributed by atoms with Crippen molar-refractivity contribution in [1.82, 2.24) is 0 Å². The van der Waals surface area contributed by atoms with Gasteiger partial charge in [-0.1, -0.05) is 6.58 Å². The topological polar surface area (TPSA) is 97.7 Å². The standard InChI is InChI=1S/C9H10O6S2.Ca.2H/c1-7(2)15-17(13,14)9-5-3-8(4-6-9)16(10,11)12;;;/h3-6H,1H2,2H3,(H,10,11,12);;;. The van der Waals surface area contributed by atoms with Gasteiger partial charge in [0.25, 0.3) is 10.1 Å². The maximum atomic E-state index is 11.5. The fraction of sp³-hybridized carbons (Fsp3) is 0.111. The summed E-state index contributed by atoms with van der Waals surface area (Å²) in [6.07, 6.45) is 0. The normalized spacial score (nSPS) is 11.4. The van der Waals surface area contributed by atoms with Gasteiger partial charge >= 0.3 is 47.9 Å². The first-order chi connectivity index (χ1) is 7.63. The fourth-order valence-corrected chi connectivity index (χ4v) is 2.43. The zero-order chi connectivity index (χ0) is 13.3. The second-order valence-electron chi connectivity index (χ2n) is 3.19. The molecule has 1 rings (SSSR count). The van der Waals surface area contributed by atoms with Gasteiger partial charge < -0.3 is 4.18 Å². The van der Waals surface area contributed by atoms with E-state index in [0.717, 1.165) is 24.3 Å². The average Bonchev–Trinajstić information content (AvgIpc) is 2.14. The van der Waals surface area contributed by atoms with Crippen LogP contribution < -0.4 is 0 Å². The van der Waals surface area contributed by atoms with Crippen LogP contribution in [0.5, 0.6) is 0 Å². The predicted molar refractivity (Wildman–Crippen MR) is 67.9 cm³/mol. The van der Waals surface area contributed by atoms with Crippen LogP contribution in [-0.2, 0) is 24.4 Å². The third-order valence-electron chi connectivity index (χ3n) is 1.66. The number of hydrogen-bond donors (Lipinski definition) is 1.